The topological polar surface area (TPSA) is 68.5 Å². The molecule has 0 aliphatic carbocycles. The van der Waals surface area contributed by atoms with E-state index in [-0.39, 0.29) is 12.6 Å². The summed E-state index contributed by atoms with van der Waals surface area (Å²) in [6, 6.07) is 6.53. The second kappa shape index (κ2) is 8.29. The zero-order chi connectivity index (χ0) is 19.6. The molecule has 2 atom stereocenters. The Morgan fingerprint density at radius 1 is 1.44 bits per heavy atom. The van der Waals surface area contributed by atoms with Crippen molar-refractivity contribution >= 4 is 17.9 Å². The fourth-order valence-electron chi connectivity index (χ4n) is 3.41. The van der Waals surface area contributed by atoms with Gasteiger partial charge in [-0.1, -0.05) is 17.7 Å². The third kappa shape index (κ3) is 3.95. The second-order valence-electron chi connectivity index (χ2n) is 6.37. The standard InChI is InChI=1S/C19H20ClF2N3O2/c1-11(12-2-3-17(13(6-12)7-23)27-10-18(21)22)25-8-15-14(16(25)9-26)4-5-24-19(15)20/h2-6,9,11,16,18H,7-8,10,23H2,1H3. The molecule has 1 aliphatic heterocycles. The molecule has 0 saturated carbocycles. The molecule has 2 unspecified atom stereocenters. The van der Waals surface area contributed by atoms with E-state index in [1.54, 1.807) is 24.4 Å². The van der Waals surface area contributed by atoms with Gasteiger partial charge in [0.25, 0.3) is 6.43 Å². The molecule has 8 heteroatoms. The summed E-state index contributed by atoms with van der Waals surface area (Å²) in [5, 5.41) is 0.396. The van der Waals surface area contributed by atoms with Gasteiger partial charge in [-0.2, -0.15) is 0 Å². The largest absolute Gasteiger partial charge is 0.487 e. The molecule has 0 fully saturated rings. The van der Waals surface area contributed by atoms with Crippen LogP contribution in [0.15, 0.2) is 30.5 Å². The zero-order valence-electron chi connectivity index (χ0n) is 14.7. The van der Waals surface area contributed by atoms with Crippen molar-refractivity contribution in [2.75, 3.05) is 6.61 Å². The first-order valence-electron chi connectivity index (χ1n) is 8.54. The zero-order valence-corrected chi connectivity index (χ0v) is 15.5. The molecule has 2 N–H and O–H groups in total. The van der Waals surface area contributed by atoms with Crippen LogP contribution in [0.3, 0.4) is 0 Å². The number of hydrogen-bond acceptors (Lipinski definition) is 5. The second-order valence-corrected chi connectivity index (χ2v) is 6.73. The van der Waals surface area contributed by atoms with Crippen LogP contribution in [-0.2, 0) is 17.9 Å². The molecule has 5 nitrogen and oxygen atoms in total. The molecule has 1 aliphatic rings. The lowest BCUT2D eigenvalue weighted by Crippen LogP contribution is -2.26. The highest BCUT2D eigenvalue weighted by Gasteiger charge is 2.35. The first-order valence-corrected chi connectivity index (χ1v) is 8.92. The Bertz CT molecular complexity index is 835. The van der Waals surface area contributed by atoms with Gasteiger partial charge in [-0.05, 0) is 36.2 Å². The van der Waals surface area contributed by atoms with Gasteiger partial charge < -0.3 is 15.3 Å². The number of halogens is 3. The van der Waals surface area contributed by atoms with Crippen LogP contribution in [0.1, 0.15) is 41.3 Å². The molecule has 0 saturated heterocycles. The maximum Gasteiger partial charge on any atom is 0.272 e. The predicted molar refractivity (Wildman–Crippen MR) is 97.8 cm³/mol. The number of carbonyl (C=O) groups is 1. The number of alkyl halides is 2. The summed E-state index contributed by atoms with van der Waals surface area (Å²) in [4.78, 5) is 17.8. The van der Waals surface area contributed by atoms with Crippen molar-refractivity contribution in [3.63, 3.8) is 0 Å². The van der Waals surface area contributed by atoms with Gasteiger partial charge in [-0.15, -0.1) is 0 Å². The Kier molecular flexibility index (Phi) is 6.04. The van der Waals surface area contributed by atoms with Gasteiger partial charge in [-0.25, -0.2) is 13.8 Å². The van der Waals surface area contributed by atoms with Crippen LogP contribution < -0.4 is 10.5 Å². The lowest BCUT2D eigenvalue weighted by atomic mass is 10.0. The van der Waals surface area contributed by atoms with Gasteiger partial charge in [0.15, 0.2) is 0 Å². The van der Waals surface area contributed by atoms with Gasteiger partial charge >= 0.3 is 0 Å². The molecule has 1 aromatic heterocycles. The normalized spacial score (nSPS) is 17.8. The van der Waals surface area contributed by atoms with E-state index in [0.29, 0.717) is 23.0 Å². The average Bonchev–Trinajstić information content (AvgIpc) is 3.05. The van der Waals surface area contributed by atoms with E-state index >= 15 is 0 Å². The minimum Gasteiger partial charge on any atom is -0.487 e. The van der Waals surface area contributed by atoms with Crippen LogP contribution in [0.5, 0.6) is 5.75 Å². The van der Waals surface area contributed by atoms with E-state index < -0.39 is 19.1 Å². The molecule has 0 spiro atoms. The summed E-state index contributed by atoms with van der Waals surface area (Å²) in [5.74, 6) is 0.345. The Balaban J connectivity index is 1.86. The number of nitrogens with two attached hydrogens (primary N) is 1. The minimum absolute atomic E-state index is 0.127. The van der Waals surface area contributed by atoms with Crippen molar-refractivity contribution < 1.29 is 18.3 Å². The number of carbonyl (C=O) groups excluding carboxylic acids is 1. The fourth-order valence-corrected chi connectivity index (χ4v) is 3.63. The molecular weight excluding hydrogens is 376 g/mol. The van der Waals surface area contributed by atoms with Crippen LogP contribution in [0.2, 0.25) is 5.15 Å². The number of fused-ring (bicyclic) bond motifs is 1. The molecular formula is C19H20ClF2N3O2. The van der Waals surface area contributed by atoms with E-state index in [2.05, 4.69) is 4.98 Å². The number of pyridine rings is 1. The number of hydrogen-bond donors (Lipinski definition) is 1. The highest BCUT2D eigenvalue weighted by atomic mass is 35.5. The maximum atomic E-state index is 12.4. The van der Waals surface area contributed by atoms with Crippen molar-refractivity contribution in [3.8, 4) is 5.75 Å². The SMILES string of the molecule is CC(c1ccc(OCC(F)F)c(CN)c1)N1Cc2c(ccnc2Cl)C1C=O. The number of rotatable bonds is 7. The number of benzene rings is 1. The number of aromatic nitrogens is 1. The smallest absolute Gasteiger partial charge is 0.272 e. The summed E-state index contributed by atoms with van der Waals surface area (Å²) >= 11 is 6.19. The van der Waals surface area contributed by atoms with Crippen molar-refractivity contribution in [3.05, 3.63) is 57.9 Å². The highest BCUT2D eigenvalue weighted by molar-refractivity contribution is 6.30. The quantitative estimate of drug-likeness (QED) is 0.572. The van der Waals surface area contributed by atoms with Crippen LogP contribution in [0, 0.1) is 0 Å². The van der Waals surface area contributed by atoms with E-state index in [9.17, 15) is 13.6 Å². The van der Waals surface area contributed by atoms with E-state index in [1.807, 2.05) is 17.9 Å². The first-order chi connectivity index (χ1) is 13.0. The van der Waals surface area contributed by atoms with Crippen LogP contribution in [0.25, 0.3) is 0 Å². The lowest BCUT2D eigenvalue weighted by Gasteiger charge is -2.29. The Labute approximate surface area is 161 Å². The summed E-state index contributed by atoms with van der Waals surface area (Å²) in [6.45, 7) is 1.95. The summed E-state index contributed by atoms with van der Waals surface area (Å²) in [5.41, 5.74) is 9.00. The number of aldehydes is 1. The van der Waals surface area contributed by atoms with Crippen molar-refractivity contribution in [2.24, 2.45) is 5.73 Å². The number of ether oxygens (including phenoxy) is 1. The van der Waals surface area contributed by atoms with Gasteiger partial charge in [0.1, 0.15) is 23.8 Å². The summed E-state index contributed by atoms with van der Waals surface area (Å²) < 4.78 is 29.9. The molecule has 144 valence electrons. The first kappa shape index (κ1) is 19.7. The van der Waals surface area contributed by atoms with Crippen LogP contribution >= 0.6 is 11.6 Å². The molecule has 2 aromatic rings. The van der Waals surface area contributed by atoms with Gasteiger partial charge in [0.2, 0.25) is 0 Å². The monoisotopic (exact) mass is 395 g/mol. The van der Waals surface area contributed by atoms with Gasteiger partial charge in [0, 0.05) is 36.5 Å². The molecule has 1 aromatic carbocycles. The third-order valence-corrected chi connectivity index (χ3v) is 5.16. The average molecular weight is 396 g/mol. The lowest BCUT2D eigenvalue weighted by molar-refractivity contribution is -0.113. The predicted octanol–water partition coefficient (Wildman–Crippen LogP) is 3.65. The Morgan fingerprint density at radius 2 is 2.22 bits per heavy atom. The van der Waals surface area contributed by atoms with Gasteiger partial charge in [-0.3, -0.25) is 4.90 Å². The number of nitrogens with zero attached hydrogens (tertiary/aromatic N) is 2. The Hall–Kier alpha value is -2.09. The molecule has 27 heavy (non-hydrogen) atoms. The summed E-state index contributed by atoms with van der Waals surface area (Å²) in [7, 11) is 0. The third-order valence-electron chi connectivity index (χ3n) is 4.83. The molecule has 0 radical (unpaired) electrons. The molecule has 0 amide bonds. The summed E-state index contributed by atoms with van der Waals surface area (Å²) in [6.07, 6.45) is -0.0696. The van der Waals surface area contributed by atoms with Crippen molar-refractivity contribution in [1.29, 1.82) is 0 Å². The van der Waals surface area contributed by atoms with Crippen LogP contribution in [-0.4, -0.2) is 29.2 Å². The molecule has 2 heterocycles. The molecule has 3 rings (SSSR count). The van der Waals surface area contributed by atoms with E-state index in [1.165, 1.54) is 0 Å². The Morgan fingerprint density at radius 3 is 2.89 bits per heavy atom. The van der Waals surface area contributed by atoms with E-state index in [4.69, 9.17) is 22.1 Å². The van der Waals surface area contributed by atoms with Gasteiger partial charge in [0.05, 0.1) is 6.04 Å². The minimum atomic E-state index is -2.55. The van der Waals surface area contributed by atoms with Crippen molar-refractivity contribution in [1.82, 2.24) is 9.88 Å². The highest BCUT2D eigenvalue weighted by Crippen LogP contribution is 2.41. The molecule has 0 bridgehead atoms. The fraction of sp³-hybridized carbons (Fsp3) is 0.368. The van der Waals surface area contributed by atoms with Crippen LogP contribution in [0.4, 0.5) is 8.78 Å². The van der Waals surface area contributed by atoms with E-state index in [0.717, 1.165) is 23.0 Å². The maximum absolute atomic E-state index is 12.4. The van der Waals surface area contributed by atoms with Crippen molar-refractivity contribution in [2.45, 2.75) is 38.5 Å².